The van der Waals surface area contributed by atoms with Gasteiger partial charge < -0.3 is 10.5 Å². The maximum Gasteiger partial charge on any atom is 0.281 e. The lowest BCUT2D eigenvalue weighted by molar-refractivity contribution is 0.119. The van der Waals surface area contributed by atoms with Crippen LogP contribution in [0.2, 0.25) is 0 Å². The molecule has 150 valence electrons. The van der Waals surface area contributed by atoms with Gasteiger partial charge in [0, 0.05) is 23.2 Å². The summed E-state index contributed by atoms with van der Waals surface area (Å²) in [6.45, 7) is 7.73. The van der Waals surface area contributed by atoms with E-state index in [0.29, 0.717) is 23.3 Å². The number of aliphatic imine (C=N–C) groups is 1. The maximum absolute atomic E-state index is 13.3. The van der Waals surface area contributed by atoms with Crippen LogP contribution in [0, 0.1) is 12.8 Å². The molecule has 1 aromatic heterocycles. The summed E-state index contributed by atoms with van der Waals surface area (Å²) in [5.41, 5.74) is 6.69. The second-order valence-electron chi connectivity index (χ2n) is 6.58. The van der Waals surface area contributed by atoms with Gasteiger partial charge in [-0.1, -0.05) is 6.07 Å². The largest absolute Gasteiger partial charge is 0.477 e. The van der Waals surface area contributed by atoms with Crippen LogP contribution in [0.4, 0.5) is 8.78 Å². The first-order chi connectivity index (χ1) is 13.0. The van der Waals surface area contributed by atoms with E-state index in [-0.39, 0.29) is 18.3 Å². The zero-order valence-electron chi connectivity index (χ0n) is 15.9. The molecule has 0 bridgehead atoms. The van der Waals surface area contributed by atoms with E-state index >= 15 is 0 Å². The van der Waals surface area contributed by atoms with Crippen LogP contribution in [0.25, 0.3) is 0 Å². The van der Waals surface area contributed by atoms with E-state index in [1.165, 1.54) is 11.8 Å². The van der Waals surface area contributed by atoms with Crippen LogP contribution < -0.4 is 10.5 Å². The minimum absolute atomic E-state index is 0.255. The van der Waals surface area contributed by atoms with Crippen molar-refractivity contribution in [3.63, 3.8) is 0 Å². The molecule has 2 N–H and O–H groups in total. The Morgan fingerprint density at radius 2 is 2.19 bits per heavy atom. The highest BCUT2D eigenvalue weighted by Gasteiger charge is 2.30. The van der Waals surface area contributed by atoms with E-state index in [1.54, 1.807) is 12.5 Å². The maximum atomic E-state index is 13.3. The summed E-state index contributed by atoms with van der Waals surface area (Å²) in [5, 5.41) is 0. The number of piperidine rings is 1. The van der Waals surface area contributed by atoms with Crippen molar-refractivity contribution in [3.05, 3.63) is 34.5 Å². The summed E-state index contributed by atoms with van der Waals surface area (Å²) in [6, 6.07) is 3.60. The van der Waals surface area contributed by atoms with E-state index in [9.17, 15) is 8.78 Å². The zero-order valence-corrected chi connectivity index (χ0v) is 16.7. The molecule has 5 nitrogen and oxygen atoms in total. The minimum Gasteiger partial charge on any atom is -0.477 e. The summed E-state index contributed by atoms with van der Waals surface area (Å²) < 4.78 is 32.4. The van der Waals surface area contributed by atoms with Crippen LogP contribution in [0.1, 0.15) is 18.4 Å². The number of allylic oxidation sites excluding steroid dienone is 1. The van der Waals surface area contributed by atoms with E-state index in [4.69, 9.17) is 10.5 Å². The number of aryl methyl sites for hydroxylation is 1. The Hall–Kier alpha value is -1.51. The number of likely N-dealkylation sites (tertiary alicyclic amines) is 1. The van der Waals surface area contributed by atoms with Gasteiger partial charge in [-0.15, -0.1) is 11.8 Å². The first-order valence-electron chi connectivity index (χ1n) is 9.03. The topological polar surface area (TPSA) is 63.7 Å². The molecule has 8 heteroatoms. The normalized spacial score (nSPS) is 18.3. The molecule has 0 saturated carbocycles. The van der Waals surface area contributed by atoms with E-state index in [0.717, 1.165) is 31.5 Å². The van der Waals surface area contributed by atoms with Crippen LogP contribution in [0.3, 0.4) is 0 Å². The molecule has 1 aliphatic heterocycles. The fourth-order valence-electron chi connectivity index (χ4n) is 3.34. The number of hydrogen-bond acceptors (Lipinski definition) is 6. The summed E-state index contributed by atoms with van der Waals surface area (Å²) >= 11 is 1.28. The van der Waals surface area contributed by atoms with Gasteiger partial charge in [0.15, 0.2) is 0 Å². The average molecular weight is 399 g/mol. The lowest BCUT2D eigenvalue weighted by atomic mass is 9.96. The molecule has 0 aromatic carbocycles. The van der Waals surface area contributed by atoms with Gasteiger partial charge in [0.25, 0.3) is 6.43 Å². The van der Waals surface area contributed by atoms with Crippen molar-refractivity contribution in [1.29, 1.82) is 0 Å². The van der Waals surface area contributed by atoms with Gasteiger partial charge in [0.2, 0.25) is 5.88 Å². The third kappa shape index (κ3) is 5.73. The zero-order chi connectivity index (χ0) is 19.8. The lowest BCUT2D eigenvalue weighted by Gasteiger charge is -2.38. The van der Waals surface area contributed by atoms with Gasteiger partial charge in [-0.3, -0.25) is 9.89 Å². The van der Waals surface area contributed by atoms with Gasteiger partial charge in [-0.25, -0.2) is 13.8 Å². The van der Waals surface area contributed by atoms with Gasteiger partial charge in [0.05, 0.1) is 12.6 Å². The van der Waals surface area contributed by atoms with Gasteiger partial charge >= 0.3 is 0 Å². The van der Waals surface area contributed by atoms with Gasteiger partial charge in [-0.2, -0.15) is 0 Å². The van der Waals surface area contributed by atoms with Crippen LogP contribution in [0.5, 0.6) is 5.88 Å². The SMILES string of the molecule is C=N/C(=C(\SC)C(CN)N1CCC(COc2ncccc2C)CC1)C(F)F. The Morgan fingerprint density at radius 3 is 2.70 bits per heavy atom. The predicted molar refractivity (Wildman–Crippen MR) is 108 cm³/mol. The third-order valence-electron chi connectivity index (χ3n) is 4.88. The third-order valence-corrected chi connectivity index (χ3v) is 5.80. The number of ether oxygens (including phenoxy) is 1. The Kier molecular flexibility index (Phi) is 8.66. The van der Waals surface area contributed by atoms with Crippen molar-refractivity contribution in [3.8, 4) is 5.88 Å². The number of halogens is 2. The van der Waals surface area contributed by atoms with E-state index in [1.807, 2.05) is 19.1 Å². The van der Waals surface area contributed by atoms with Crippen molar-refractivity contribution >= 4 is 18.5 Å². The Balaban J connectivity index is 1.96. The summed E-state index contributed by atoms with van der Waals surface area (Å²) in [4.78, 5) is 10.5. The fourth-order valence-corrected chi connectivity index (χ4v) is 4.22. The first-order valence-corrected chi connectivity index (χ1v) is 10.3. The van der Waals surface area contributed by atoms with E-state index < -0.39 is 6.43 Å². The van der Waals surface area contributed by atoms with Gasteiger partial charge in [0.1, 0.15) is 5.70 Å². The average Bonchev–Trinajstić information content (AvgIpc) is 2.68. The molecule has 1 fully saturated rings. The van der Waals surface area contributed by atoms with Crippen LogP contribution in [-0.4, -0.2) is 61.6 Å². The molecule has 2 rings (SSSR count). The van der Waals surface area contributed by atoms with Crippen molar-refractivity contribution in [2.45, 2.75) is 32.2 Å². The number of thioether (sulfide) groups is 1. The highest BCUT2D eigenvalue weighted by Crippen LogP contribution is 2.31. The molecular formula is C19H28F2N4OS. The monoisotopic (exact) mass is 398 g/mol. The molecule has 0 aliphatic carbocycles. The molecule has 1 aliphatic rings. The highest BCUT2D eigenvalue weighted by atomic mass is 32.2. The quantitative estimate of drug-likeness (QED) is 0.647. The number of rotatable bonds is 9. The smallest absolute Gasteiger partial charge is 0.281 e. The number of pyridine rings is 1. The summed E-state index contributed by atoms with van der Waals surface area (Å²) in [7, 11) is 0. The molecule has 2 heterocycles. The molecular weight excluding hydrogens is 370 g/mol. The lowest BCUT2D eigenvalue weighted by Crippen LogP contribution is -2.46. The number of aromatic nitrogens is 1. The van der Waals surface area contributed by atoms with Crippen LogP contribution in [-0.2, 0) is 0 Å². The van der Waals surface area contributed by atoms with E-state index in [2.05, 4.69) is 21.6 Å². The van der Waals surface area contributed by atoms with Gasteiger partial charge in [-0.05, 0) is 57.8 Å². The summed E-state index contributed by atoms with van der Waals surface area (Å²) in [6.07, 6.45) is 2.71. The first kappa shape index (κ1) is 21.8. The standard InChI is InChI=1S/C19H28F2N4OS/c1-13-5-4-8-24-19(13)26-12-14-6-9-25(10-7-14)15(11-22)17(27-3)16(23-2)18(20)21/h4-5,8,14-15,18H,2,6-7,9-12,22H2,1,3H3/b17-16-. The summed E-state index contributed by atoms with van der Waals surface area (Å²) in [5.74, 6) is 1.08. The van der Waals surface area contributed by atoms with Crippen molar-refractivity contribution in [1.82, 2.24) is 9.88 Å². The fraction of sp³-hybridized carbons (Fsp3) is 0.579. The van der Waals surface area contributed by atoms with Crippen LogP contribution in [0.15, 0.2) is 33.9 Å². The van der Waals surface area contributed by atoms with Crippen LogP contribution >= 0.6 is 11.8 Å². The number of nitrogens with two attached hydrogens (primary N) is 1. The van der Waals surface area contributed by atoms with Crippen molar-refractivity contribution in [2.75, 3.05) is 32.5 Å². The molecule has 1 atom stereocenters. The molecule has 0 radical (unpaired) electrons. The molecule has 1 unspecified atom stereocenters. The second kappa shape index (κ2) is 10.7. The molecule has 1 saturated heterocycles. The Morgan fingerprint density at radius 1 is 1.48 bits per heavy atom. The number of alkyl halides is 2. The molecule has 1 aromatic rings. The Bertz CT molecular complexity index is 648. The Labute approximate surface area is 164 Å². The number of nitrogens with zero attached hydrogens (tertiary/aromatic N) is 3. The second-order valence-corrected chi connectivity index (χ2v) is 7.43. The number of hydrogen-bond donors (Lipinski definition) is 1. The molecule has 27 heavy (non-hydrogen) atoms. The minimum atomic E-state index is -2.65. The van der Waals surface area contributed by atoms with Crippen molar-refractivity contribution in [2.24, 2.45) is 16.6 Å². The molecule has 0 amide bonds. The highest BCUT2D eigenvalue weighted by molar-refractivity contribution is 8.02. The van der Waals surface area contributed by atoms with Crippen molar-refractivity contribution < 1.29 is 13.5 Å². The predicted octanol–water partition coefficient (Wildman–Crippen LogP) is 3.35. The molecule has 0 spiro atoms.